The number of rotatable bonds is 9. The molecule has 2 fully saturated rings. The number of nitrogens with one attached hydrogen (secondary N) is 2. The predicted molar refractivity (Wildman–Crippen MR) is 57.5 cm³/mol. The minimum Gasteiger partial charge on any atom is -0.373 e. The molecule has 3 heteroatoms. The molecule has 0 unspecified atom stereocenters. The van der Waals surface area contributed by atoms with E-state index in [1.807, 2.05) is 0 Å². The first-order chi connectivity index (χ1) is 6.95. The van der Waals surface area contributed by atoms with Crippen molar-refractivity contribution in [3.8, 4) is 0 Å². The molecule has 0 amide bonds. The fourth-order valence-corrected chi connectivity index (χ4v) is 1.71. The molecule has 2 rings (SSSR count). The molecule has 14 heavy (non-hydrogen) atoms. The lowest BCUT2D eigenvalue weighted by atomic mass is 10.1. The standard InChI is InChI=1S/C11H22N2O/c1(3-5-11-9-14-11)2-4-6-12-7-10-8-13-10/h10-13H,1-9H2/t10-,11-/m0/s1. The Morgan fingerprint density at radius 1 is 1.21 bits per heavy atom. The third-order valence-corrected chi connectivity index (χ3v) is 2.92. The van der Waals surface area contributed by atoms with Crippen LogP contribution in [0.4, 0.5) is 0 Å². The summed E-state index contributed by atoms with van der Waals surface area (Å²) in [5.74, 6) is 0. The maximum atomic E-state index is 5.17. The normalized spacial score (nSPS) is 29.1. The zero-order valence-corrected chi connectivity index (χ0v) is 8.93. The zero-order chi connectivity index (χ0) is 9.64. The summed E-state index contributed by atoms with van der Waals surface area (Å²) in [6.07, 6.45) is 7.36. The molecule has 0 aliphatic carbocycles. The summed E-state index contributed by atoms with van der Waals surface area (Å²) in [6.45, 7) is 4.60. The average molecular weight is 198 g/mol. The van der Waals surface area contributed by atoms with E-state index in [1.54, 1.807) is 0 Å². The molecule has 0 aromatic carbocycles. The minimum absolute atomic E-state index is 0.633. The smallest absolute Gasteiger partial charge is 0.0810 e. The summed E-state index contributed by atoms with van der Waals surface area (Å²) in [5, 5.41) is 6.76. The third kappa shape index (κ3) is 4.94. The Morgan fingerprint density at radius 3 is 2.71 bits per heavy atom. The maximum Gasteiger partial charge on any atom is 0.0810 e. The van der Waals surface area contributed by atoms with Gasteiger partial charge in [0.1, 0.15) is 0 Å². The molecule has 2 aliphatic rings. The van der Waals surface area contributed by atoms with E-state index in [4.69, 9.17) is 4.74 Å². The Labute approximate surface area is 86.6 Å². The van der Waals surface area contributed by atoms with Crippen LogP contribution in [0.3, 0.4) is 0 Å². The number of hydrogen-bond donors (Lipinski definition) is 2. The van der Waals surface area contributed by atoms with E-state index in [9.17, 15) is 0 Å². The molecule has 0 aromatic rings. The zero-order valence-electron chi connectivity index (χ0n) is 8.93. The summed E-state index contributed by atoms with van der Waals surface area (Å²) in [5.41, 5.74) is 0. The Balaban J connectivity index is 1.25. The molecular weight excluding hydrogens is 176 g/mol. The predicted octanol–water partition coefficient (Wildman–Crippen LogP) is 0.897. The van der Waals surface area contributed by atoms with Crippen molar-refractivity contribution in [1.82, 2.24) is 10.6 Å². The van der Waals surface area contributed by atoms with Gasteiger partial charge >= 0.3 is 0 Å². The van der Waals surface area contributed by atoms with E-state index in [0.717, 1.165) is 19.2 Å². The van der Waals surface area contributed by atoms with Crippen LogP contribution in [0.15, 0.2) is 0 Å². The summed E-state index contributed by atoms with van der Waals surface area (Å²) >= 11 is 0. The minimum atomic E-state index is 0.633. The first-order valence-electron chi connectivity index (χ1n) is 6.01. The lowest BCUT2D eigenvalue weighted by Crippen LogP contribution is -2.21. The Hall–Kier alpha value is -0.120. The molecule has 0 spiro atoms. The number of ether oxygens (including phenoxy) is 1. The van der Waals surface area contributed by atoms with Crippen molar-refractivity contribution in [2.75, 3.05) is 26.2 Å². The molecule has 0 bridgehead atoms. The topological polar surface area (TPSA) is 46.5 Å². The molecule has 2 heterocycles. The van der Waals surface area contributed by atoms with Crippen molar-refractivity contribution in [1.29, 1.82) is 0 Å². The molecule has 3 nitrogen and oxygen atoms in total. The Kier molecular flexibility index (Phi) is 4.22. The largest absolute Gasteiger partial charge is 0.373 e. The number of epoxide rings is 1. The van der Waals surface area contributed by atoms with E-state index in [0.29, 0.717) is 6.10 Å². The molecule has 2 N–H and O–H groups in total. The van der Waals surface area contributed by atoms with E-state index in [1.165, 1.54) is 45.2 Å². The summed E-state index contributed by atoms with van der Waals surface area (Å²) in [6, 6.07) is 0.780. The lowest BCUT2D eigenvalue weighted by Gasteiger charge is -2.02. The van der Waals surface area contributed by atoms with Crippen LogP contribution in [-0.2, 0) is 4.74 Å². The molecular formula is C11H22N2O. The second-order valence-corrected chi connectivity index (χ2v) is 4.47. The van der Waals surface area contributed by atoms with Crippen molar-refractivity contribution in [2.24, 2.45) is 0 Å². The van der Waals surface area contributed by atoms with Crippen LogP contribution in [0.2, 0.25) is 0 Å². The van der Waals surface area contributed by atoms with Crippen LogP contribution in [0, 0.1) is 0 Å². The van der Waals surface area contributed by atoms with Crippen LogP contribution < -0.4 is 10.6 Å². The lowest BCUT2D eigenvalue weighted by molar-refractivity contribution is 0.387. The average Bonchev–Trinajstić information content (AvgIpc) is 3.00. The van der Waals surface area contributed by atoms with Crippen molar-refractivity contribution in [2.45, 2.75) is 44.2 Å². The molecule has 82 valence electrons. The van der Waals surface area contributed by atoms with Gasteiger partial charge in [0.15, 0.2) is 0 Å². The molecule has 2 aliphatic heterocycles. The van der Waals surface area contributed by atoms with Crippen LogP contribution >= 0.6 is 0 Å². The van der Waals surface area contributed by atoms with Gasteiger partial charge in [-0.2, -0.15) is 0 Å². The van der Waals surface area contributed by atoms with Gasteiger partial charge < -0.3 is 15.4 Å². The van der Waals surface area contributed by atoms with Crippen molar-refractivity contribution >= 4 is 0 Å². The Bertz CT molecular complexity index is 137. The van der Waals surface area contributed by atoms with Crippen LogP contribution in [0.25, 0.3) is 0 Å². The fraction of sp³-hybridized carbons (Fsp3) is 1.00. The Morgan fingerprint density at radius 2 is 2.00 bits per heavy atom. The highest BCUT2D eigenvalue weighted by molar-refractivity contribution is 4.84. The van der Waals surface area contributed by atoms with Gasteiger partial charge in [0, 0.05) is 19.1 Å². The monoisotopic (exact) mass is 198 g/mol. The van der Waals surface area contributed by atoms with Gasteiger partial charge in [-0.25, -0.2) is 0 Å². The molecule has 0 aromatic heterocycles. The van der Waals surface area contributed by atoms with E-state index in [-0.39, 0.29) is 0 Å². The van der Waals surface area contributed by atoms with Crippen LogP contribution in [0.5, 0.6) is 0 Å². The number of unbranched alkanes of at least 4 members (excludes halogenated alkanes) is 3. The summed E-state index contributed by atoms with van der Waals surface area (Å²) < 4.78 is 5.17. The van der Waals surface area contributed by atoms with Crippen molar-refractivity contribution in [3.63, 3.8) is 0 Å². The van der Waals surface area contributed by atoms with Crippen LogP contribution in [0.1, 0.15) is 32.1 Å². The van der Waals surface area contributed by atoms with Gasteiger partial charge in [-0.05, 0) is 19.4 Å². The van der Waals surface area contributed by atoms with Gasteiger partial charge in [-0.15, -0.1) is 0 Å². The van der Waals surface area contributed by atoms with Gasteiger partial charge in [0.25, 0.3) is 0 Å². The molecule has 2 saturated heterocycles. The van der Waals surface area contributed by atoms with Crippen LogP contribution in [-0.4, -0.2) is 38.4 Å². The fourth-order valence-electron chi connectivity index (χ4n) is 1.71. The van der Waals surface area contributed by atoms with Gasteiger partial charge in [-0.1, -0.05) is 19.3 Å². The first kappa shape index (κ1) is 10.4. The second kappa shape index (κ2) is 5.69. The van der Waals surface area contributed by atoms with Crippen molar-refractivity contribution < 1.29 is 4.74 Å². The highest BCUT2D eigenvalue weighted by atomic mass is 16.6. The third-order valence-electron chi connectivity index (χ3n) is 2.92. The quantitative estimate of drug-likeness (QED) is 0.427. The van der Waals surface area contributed by atoms with Gasteiger partial charge in [0.05, 0.1) is 12.7 Å². The van der Waals surface area contributed by atoms with Crippen molar-refractivity contribution in [3.05, 3.63) is 0 Å². The van der Waals surface area contributed by atoms with Gasteiger partial charge in [-0.3, -0.25) is 0 Å². The molecule has 2 atom stereocenters. The summed E-state index contributed by atoms with van der Waals surface area (Å²) in [4.78, 5) is 0. The highest BCUT2D eigenvalue weighted by Crippen LogP contribution is 2.17. The maximum absolute atomic E-state index is 5.17. The highest BCUT2D eigenvalue weighted by Gasteiger charge is 2.21. The van der Waals surface area contributed by atoms with E-state index < -0.39 is 0 Å². The first-order valence-corrected chi connectivity index (χ1v) is 6.01. The SMILES string of the molecule is C(CCC[C@H]1CO1)CCNC[C@H]1CN1. The van der Waals surface area contributed by atoms with E-state index in [2.05, 4.69) is 10.6 Å². The number of hydrogen-bond acceptors (Lipinski definition) is 3. The molecule has 0 radical (unpaired) electrons. The second-order valence-electron chi connectivity index (χ2n) is 4.47. The van der Waals surface area contributed by atoms with Gasteiger partial charge in [0.2, 0.25) is 0 Å². The molecule has 0 saturated carbocycles. The van der Waals surface area contributed by atoms with E-state index >= 15 is 0 Å². The summed E-state index contributed by atoms with van der Waals surface area (Å²) in [7, 11) is 0.